The lowest BCUT2D eigenvalue weighted by atomic mass is 10.1. The molecule has 1 aliphatic rings. The van der Waals surface area contributed by atoms with E-state index in [9.17, 15) is 0 Å². The Morgan fingerprint density at radius 1 is 1.47 bits per heavy atom. The summed E-state index contributed by atoms with van der Waals surface area (Å²) in [5, 5.41) is 6.55. The Morgan fingerprint density at radius 2 is 2.42 bits per heavy atom. The van der Waals surface area contributed by atoms with Gasteiger partial charge in [0, 0.05) is 31.0 Å². The van der Waals surface area contributed by atoms with E-state index in [2.05, 4.69) is 27.8 Å². The lowest BCUT2D eigenvalue weighted by Crippen LogP contribution is -2.17. The number of methoxy groups -OCH3 is 1. The van der Waals surface area contributed by atoms with Gasteiger partial charge >= 0.3 is 0 Å². The number of rotatable bonds is 4. The predicted octanol–water partition coefficient (Wildman–Crippen LogP) is 2.80. The quantitative estimate of drug-likeness (QED) is 0.932. The number of aromatic nitrogens is 1. The number of thiazole rings is 1. The van der Waals surface area contributed by atoms with Gasteiger partial charge in [-0.2, -0.15) is 0 Å². The highest BCUT2D eigenvalue weighted by molar-refractivity contribution is 7.09. The summed E-state index contributed by atoms with van der Waals surface area (Å²) in [6.07, 6.45) is 0.869. The van der Waals surface area contributed by atoms with E-state index in [0.29, 0.717) is 6.61 Å². The number of benzene rings is 1. The summed E-state index contributed by atoms with van der Waals surface area (Å²) in [5.74, 6) is 0.921. The Labute approximate surface area is 116 Å². The lowest BCUT2D eigenvalue weighted by Gasteiger charge is -2.19. The molecule has 0 saturated heterocycles. The standard InChI is InChI=1S/C14H16N2O2S/c1-17-6-4-14-16-12(9-19-14)10-2-3-13-11(8-10)15-5-7-18-13/h2-3,8-9,15H,4-7H2,1H3. The van der Waals surface area contributed by atoms with E-state index in [1.165, 1.54) is 0 Å². The van der Waals surface area contributed by atoms with Crippen molar-refractivity contribution in [2.24, 2.45) is 0 Å². The zero-order valence-corrected chi connectivity index (χ0v) is 11.6. The maximum Gasteiger partial charge on any atom is 0.142 e. The SMILES string of the molecule is COCCc1nc(-c2ccc3c(c2)NCCO3)cs1. The van der Waals surface area contributed by atoms with Crippen LogP contribution in [0.2, 0.25) is 0 Å². The largest absolute Gasteiger partial charge is 0.490 e. The molecule has 100 valence electrons. The third kappa shape index (κ3) is 2.72. The zero-order valence-electron chi connectivity index (χ0n) is 10.8. The molecule has 0 fully saturated rings. The van der Waals surface area contributed by atoms with Crippen LogP contribution in [0.4, 0.5) is 5.69 Å². The molecular weight excluding hydrogens is 260 g/mol. The van der Waals surface area contributed by atoms with Gasteiger partial charge in [-0.25, -0.2) is 4.98 Å². The maximum atomic E-state index is 5.58. The van der Waals surface area contributed by atoms with Crippen LogP contribution in [0.3, 0.4) is 0 Å². The molecule has 0 radical (unpaired) electrons. The van der Waals surface area contributed by atoms with E-state index in [-0.39, 0.29) is 0 Å². The van der Waals surface area contributed by atoms with Gasteiger partial charge in [0.15, 0.2) is 0 Å². The number of fused-ring (bicyclic) bond motifs is 1. The van der Waals surface area contributed by atoms with Gasteiger partial charge in [-0.3, -0.25) is 0 Å². The average Bonchev–Trinajstić information content (AvgIpc) is 2.93. The molecule has 0 saturated carbocycles. The van der Waals surface area contributed by atoms with Gasteiger partial charge in [0.2, 0.25) is 0 Å². The van der Waals surface area contributed by atoms with Crippen molar-refractivity contribution in [2.75, 3.05) is 32.2 Å². The van der Waals surface area contributed by atoms with E-state index < -0.39 is 0 Å². The topological polar surface area (TPSA) is 43.4 Å². The van der Waals surface area contributed by atoms with Crippen LogP contribution in [-0.4, -0.2) is 31.9 Å². The third-order valence-electron chi connectivity index (χ3n) is 3.02. The van der Waals surface area contributed by atoms with E-state index in [1.54, 1.807) is 18.4 Å². The highest BCUT2D eigenvalue weighted by atomic mass is 32.1. The summed E-state index contributed by atoms with van der Waals surface area (Å²) in [5.41, 5.74) is 3.19. The second-order valence-electron chi connectivity index (χ2n) is 4.36. The second-order valence-corrected chi connectivity index (χ2v) is 5.30. The summed E-state index contributed by atoms with van der Waals surface area (Å²) in [6.45, 7) is 2.29. The normalized spacial score (nSPS) is 13.5. The number of nitrogens with zero attached hydrogens (tertiary/aromatic N) is 1. The second kappa shape index (κ2) is 5.59. The van der Waals surface area contributed by atoms with Crippen molar-refractivity contribution in [3.8, 4) is 17.0 Å². The molecule has 2 aromatic rings. The first kappa shape index (κ1) is 12.4. The summed E-state index contributed by atoms with van der Waals surface area (Å²) < 4.78 is 10.7. The minimum Gasteiger partial charge on any atom is -0.490 e. The van der Waals surface area contributed by atoms with Crippen LogP contribution in [0.25, 0.3) is 11.3 Å². The number of nitrogens with one attached hydrogen (secondary N) is 1. The fourth-order valence-electron chi connectivity index (χ4n) is 2.05. The van der Waals surface area contributed by atoms with Crippen LogP contribution in [0, 0.1) is 0 Å². The van der Waals surface area contributed by atoms with Gasteiger partial charge in [0.1, 0.15) is 12.4 Å². The number of hydrogen-bond acceptors (Lipinski definition) is 5. The Hall–Kier alpha value is -1.59. The molecule has 0 bridgehead atoms. The highest BCUT2D eigenvalue weighted by Gasteiger charge is 2.12. The molecule has 1 aliphatic heterocycles. The van der Waals surface area contributed by atoms with Crippen molar-refractivity contribution in [3.05, 3.63) is 28.6 Å². The third-order valence-corrected chi connectivity index (χ3v) is 3.93. The first-order chi connectivity index (χ1) is 9.36. The van der Waals surface area contributed by atoms with Crippen molar-refractivity contribution in [3.63, 3.8) is 0 Å². The van der Waals surface area contributed by atoms with Crippen molar-refractivity contribution in [1.82, 2.24) is 4.98 Å². The van der Waals surface area contributed by atoms with Crippen molar-refractivity contribution >= 4 is 17.0 Å². The Kier molecular flexibility index (Phi) is 3.66. The molecule has 1 aromatic carbocycles. The van der Waals surface area contributed by atoms with Crippen LogP contribution in [-0.2, 0) is 11.2 Å². The first-order valence-corrected chi connectivity index (χ1v) is 7.19. The summed E-state index contributed by atoms with van der Waals surface area (Å²) >= 11 is 1.68. The van der Waals surface area contributed by atoms with E-state index in [4.69, 9.17) is 9.47 Å². The molecule has 0 atom stereocenters. The number of anilines is 1. The highest BCUT2D eigenvalue weighted by Crippen LogP contribution is 2.32. The summed E-state index contributed by atoms with van der Waals surface area (Å²) in [7, 11) is 1.71. The number of ether oxygens (including phenoxy) is 2. The molecule has 4 nitrogen and oxygen atoms in total. The molecule has 5 heteroatoms. The van der Waals surface area contributed by atoms with Gasteiger partial charge in [0.25, 0.3) is 0 Å². The molecule has 1 aromatic heterocycles. The summed E-state index contributed by atoms with van der Waals surface area (Å²) in [4.78, 5) is 4.64. The maximum absolute atomic E-state index is 5.58. The average molecular weight is 276 g/mol. The van der Waals surface area contributed by atoms with Crippen molar-refractivity contribution in [1.29, 1.82) is 0 Å². The van der Waals surface area contributed by atoms with E-state index >= 15 is 0 Å². The Bertz CT molecular complexity index is 568. The van der Waals surface area contributed by atoms with Gasteiger partial charge in [-0.1, -0.05) is 0 Å². The molecule has 2 heterocycles. The van der Waals surface area contributed by atoms with Crippen LogP contribution >= 0.6 is 11.3 Å². The zero-order chi connectivity index (χ0) is 13.1. The van der Waals surface area contributed by atoms with Crippen molar-refractivity contribution in [2.45, 2.75) is 6.42 Å². The van der Waals surface area contributed by atoms with Crippen LogP contribution in [0.1, 0.15) is 5.01 Å². The van der Waals surface area contributed by atoms with Gasteiger partial charge in [-0.05, 0) is 18.2 Å². The fraction of sp³-hybridized carbons (Fsp3) is 0.357. The minimum atomic E-state index is 0.715. The Balaban J connectivity index is 1.83. The van der Waals surface area contributed by atoms with Gasteiger partial charge in [-0.15, -0.1) is 11.3 Å². The molecule has 1 N–H and O–H groups in total. The molecule has 0 spiro atoms. The molecule has 0 aliphatic carbocycles. The molecule has 19 heavy (non-hydrogen) atoms. The van der Waals surface area contributed by atoms with Crippen LogP contribution in [0.5, 0.6) is 5.75 Å². The first-order valence-electron chi connectivity index (χ1n) is 6.31. The molecular formula is C14H16N2O2S. The van der Waals surface area contributed by atoms with Crippen LogP contribution < -0.4 is 10.1 Å². The number of hydrogen-bond donors (Lipinski definition) is 1. The van der Waals surface area contributed by atoms with E-state index in [0.717, 1.165) is 47.3 Å². The van der Waals surface area contributed by atoms with Crippen LogP contribution in [0.15, 0.2) is 23.6 Å². The monoisotopic (exact) mass is 276 g/mol. The summed E-state index contributed by atoms with van der Waals surface area (Å²) in [6, 6.07) is 6.16. The van der Waals surface area contributed by atoms with Gasteiger partial charge < -0.3 is 14.8 Å². The minimum absolute atomic E-state index is 0.715. The lowest BCUT2D eigenvalue weighted by molar-refractivity contribution is 0.202. The fourth-order valence-corrected chi connectivity index (χ4v) is 2.84. The van der Waals surface area contributed by atoms with Gasteiger partial charge in [0.05, 0.1) is 23.0 Å². The molecule has 0 unspecified atom stereocenters. The van der Waals surface area contributed by atoms with E-state index in [1.807, 2.05) is 6.07 Å². The molecule has 0 amide bonds. The Morgan fingerprint density at radius 3 is 3.32 bits per heavy atom. The smallest absolute Gasteiger partial charge is 0.142 e. The van der Waals surface area contributed by atoms with Crippen molar-refractivity contribution < 1.29 is 9.47 Å². The molecule has 3 rings (SSSR count). The predicted molar refractivity (Wildman–Crippen MR) is 77.1 cm³/mol.